The monoisotopic (exact) mass is 324 g/mol. The van der Waals surface area contributed by atoms with Crippen molar-refractivity contribution in [2.24, 2.45) is 5.92 Å². The van der Waals surface area contributed by atoms with Crippen LogP contribution in [0.3, 0.4) is 0 Å². The van der Waals surface area contributed by atoms with E-state index in [-0.39, 0.29) is 0 Å². The molecule has 0 radical (unpaired) electrons. The number of benzene rings is 1. The van der Waals surface area contributed by atoms with E-state index in [4.69, 9.17) is 0 Å². The summed E-state index contributed by atoms with van der Waals surface area (Å²) >= 11 is 3.67. The van der Waals surface area contributed by atoms with Gasteiger partial charge in [-0.05, 0) is 50.0 Å². The maximum Gasteiger partial charge on any atom is 0.0329 e. The zero-order valence-corrected chi connectivity index (χ0v) is 14.0. The van der Waals surface area contributed by atoms with E-state index >= 15 is 0 Å². The van der Waals surface area contributed by atoms with Crippen LogP contribution in [0.5, 0.6) is 0 Å². The van der Waals surface area contributed by atoms with Gasteiger partial charge in [0.15, 0.2) is 0 Å². The van der Waals surface area contributed by atoms with Gasteiger partial charge in [0.25, 0.3) is 0 Å². The van der Waals surface area contributed by atoms with Crippen LogP contribution in [-0.2, 0) is 6.42 Å². The molecule has 2 rings (SSSR count). The third-order valence-electron chi connectivity index (χ3n) is 4.00. The minimum absolute atomic E-state index is 0.514. The first kappa shape index (κ1) is 15.0. The summed E-state index contributed by atoms with van der Waals surface area (Å²) in [6.45, 7) is 5.70. The van der Waals surface area contributed by atoms with E-state index < -0.39 is 0 Å². The van der Waals surface area contributed by atoms with Crippen LogP contribution in [0.15, 0.2) is 22.7 Å². The highest BCUT2D eigenvalue weighted by Crippen LogP contribution is 2.36. The second-order valence-electron chi connectivity index (χ2n) is 6.18. The van der Waals surface area contributed by atoms with Crippen molar-refractivity contribution in [1.82, 2.24) is 10.2 Å². The van der Waals surface area contributed by atoms with Crippen molar-refractivity contribution >= 4 is 15.9 Å². The largest absolute Gasteiger partial charge is 0.308 e. The fraction of sp³-hybridized carbons (Fsp3) is 0.625. The van der Waals surface area contributed by atoms with Gasteiger partial charge in [-0.1, -0.05) is 41.9 Å². The normalized spacial score (nSPS) is 20.1. The molecule has 0 amide bonds. The van der Waals surface area contributed by atoms with E-state index in [1.807, 2.05) is 0 Å². The molecule has 2 nitrogen and oxygen atoms in total. The average molecular weight is 325 g/mol. The summed E-state index contributed by atoms with van der Waals surface area (Å²) in [6, 6.07) is 7.64. The Hall–Kier alpha value is -0.380. The van der Waals surface area contributed by atoms with Crippen molar-refractivity contribution in [3.63, 3.8) is 0 Å². The van der Waals surface area contributed by atoms with Gasteiger partial charge in [-0.3, -0.25) is 0 Å². The van der Waals surface area contributed by atoms with E-state index in [1.54, 1.807) is 0 Å². The van der Waals surface area contributed by atoms with Crippen LogP contribution in [0.1, 0.15) is 37.4 Å². The van der Waals surface area contributed by atoms with Crippen LogP contribution in [-0.4, -0.2) is 31.6 Å². The molecule has 0 aliphatic heterocycles. The Morgan fingerprint density at radius 3 is 2.74 bits per heavy atom. The molecule has 0 spiro atoms. The zero-order chi connectivity index (χ0) is 14.0. The minimum Gasteiger partial charge on any atom is -0.308 e. The van der Waals surface area contributed by atoms with Crippen LogP contribution in [0.4, 0.5) is 0 Å². The molecule has 2 atom stereocenters. The SMILES string of the molecule is CC(C)C(CN(C)C)NC1CCc2c(Br)cccc21. The molecule has 0 fully saturated rings. The molecule has 1 aliphatic carbocycles. The quantitative estimate of drug-likeness (QED) is 0.890. The number of fused-ring (bicyclic) bond motifs is 1. The highest BCUT2D eigenvalue weighted by atomic mass is 79.9. The lowest BCUT2D eigenvalue weighted by Crippen LogP contribution is -2.43. The molecule has 3 heteroatoms. The highest BCUT2D eigenvalue weighted by molar-refractivity contribution is 9.10. The molecule has 0 aromatic heterocycles. The van der Waals surface area contributed by atoms with Gasteiger partial charge >= 0.3 is 0 Å². The van der Waals surface area contributed by atoms with Crippen LogP contribution < -0.4 is 5.32 Å². The Morgan fingerprint density at radius 2 is 2.11 bits per heavy atom. The van der Waals surface area contributed by atoms with Crippen LogP contribution in [0.25, 0.3) is 0 Å². The second kappa shape index (κ2) is 6.38. The summed E-state index contributed by atoms with van der Waals surface area (Å²) in [7, 11) is 4.30. The lowest BCUT2D eigenvalue weighted by atomic mass is 10.0. The van der Waals surface area contributed by atoms with Gasteiger partial charge in [0.05, 0.1) is 0 Å². The maximum absolute atomic E-state index is 3.87. The molecule has 2 unspecified atom stereocenters. The Balaban J connectivity index is 2.11. The molecule has 19 heavy (non-hydrogen) atoms. The molecule has 1 aliphatic rings. The van der Waals surface area contributed by atoms with Gasteiger partial charge in [0.2, 0.25) is 0 Å². The summed E-state index contributed by atoms with van der Waals surface area (Å²) in [5.74, 6) is 0.651. The average Bonchev–Trinajstić information content (AvgIpc) is 2.72. The highest BCUT2D eigenvalue weighted by Gasteiger charge is 2.27. The summed E-state index contributed by atoms with van der Waals surface area (Å²) in [5.41, 5.74) is 2.98. The van der Waals surface area contributed by atoms with Crippen molar-refractivity contribution < 1.29 is 0 Å². The number of halogens is 1. The lowest BCUT2D eigenvalue weighted by molar-refractivity contribution is 0.268. The predicted octanol–water partition coefficient (Wildman–Crippen LogP) is 3.61. The Morgan fingerprint density at radius 1 is 1.37 bits per heavy atom. The van der Waals surface area contributed by atoms with Crippen LogP contribution >= 0.6 is 15.9 Å². The summed E-state index contributed by atoms with van der Waals surface area (Å²) in [6.07, 6.45) is 2.40. The second-order valence-corrected chi connectivity index (χ2v) is 7.03. The van der Waals surface area contributed by atoms with E-state index in [2.05, 4.69) is 72.3 Å². The van der Waals surface area contributed by atoms with E-state index in [1.165, 1.54) is 28.4 Å². The Bertz CT molecular complexity index is 429. The fourth-order valence-corrected chi connectivity index (χ4v) is 3.47. The van der Waals surface area contributed by atoms with Crippen molar-refractivity contribution in [2.75, 3.05) is 20.6 Å². The summed E-state index contributed by atoms with van der Waals surface area (Å²) < 4.78 is 1.27. The molecule has 0 bridgehead atoms. The predicted molar refractivity (Wildman–Crippen MR) is 85.5 cm³/mol. The topological polar surface area (TPSA) is 15.3 Å². The molecule has 1 aromatic carbocycles. The minimum atomic E-state index is 0.514. The van der Waals surface area contributed by atoms with Crippen molar-refractivity contribution in [1.29, 1.82) is 0 Å². The van der Waals surface area contributed by atoms with E-state index in [0.717, 1.165) is 6.54 Å². The smallest absolute Gasteiger partial charge is 0.0329 e. The first-order valence-corrected chi connectivity index (χ1v) is 7.96. The molecule has 0 heterocycles. The maximum atomic E-state index is 3.87. The van der Waals surface area contributed by atoms with Crippen molar-refractivity contribution in [2.45, 2.75) is 38.8 Å². The number of rotatable bonds is 5. The molecular weight excluding hydrogens is 300 g/mol. The third-order valence-corrected chi connectivity index (χ3v) is 4.74. The van der Waals surface area contributed by atoms with Gasteiger partial charge in [-0.25, -0.2) is 0 Å². The first-order chi connectivity index (χ1) is 8.99. The van der Waals surface area contributed by atoms with E-state index in [9.17, 15) is 0 Å². The van der Waals surface area contributed by atoms with Gasteiger partial charge in [-0.15, -0.1) is 0 Å². The van der Waals surface area contributed by atoms with Crippen LogP contribution in [0.2, 0.25) is 0 Å². The summed E-state index contributed by atoms with van der Waals surface area (Å²) in [5, 5.41) is 3.87. The molecule has 1 aromatic rings. The van der Waals surface area contributed by atoms with Gasteiger partial charge in [0.1, 0.15) is 0 Å². The zero-order valence-electron chi connectivity index (χ0n) is 12.4. The number of nitrogens with zero attached hydrogens (tertiary/aromatic N) is 1. The summed E-state index contributed by atoms with van der Waals surface area (Å²) in [4.78, 5) is 2.27. The van der Waals surface area contributed by atoms with E-state index in [0.29, 0.717) is 18.0 Å². The Labute approximate surface area is 125 Å². The molecule has 0 saturated carbocycles. The van der Waals surface area contributed by atoms with Gasteiger partial charge in [0, 0.05) is 23.1 Å². The molecular formula is C16H25BrN2. The Kier molecular flexibility index (Phi) is 5.04. The van der Waals surface area contributed by atoms with Crippen molar-refractivity contribution in [3.8, 4) is 0 Å². The van der Waals surface area contributed by atoms with Gasteiger partial charge in [-0.2, -0.15) is 0 Å². The van der Waals surface area contributed by atoms with Crippen LogP contribution in [0, 0.1) is 5.92 Å². The first-order valence-electron chi connectivity index (χ1n) is 7.17. The third kappa shape index (κ3) is 3.59. The van der Waals surface area contributed by atoms with Crippen molar-refractivity contribution in [3.05, 3.63) is 33.8 Å². The number of likely N-dealkylation sites (N-methyl/N-ethyl adjacent to an activating group) is 1. The lowest BCUT2D eigenvalue weighted by Gasteiger charge is -2.29. The molecule has 0 saturated heterocycles. The number of hydrogen-bond acceptors (Lipinski definition) is 2. The molecule has 106 valence electrons. The number of nitrogens with one attached hydrogen (secondary N) is 1. The molecule has 1 N–H and O–H groups in total. The van der Waals surface area contributed by atoms with Gasteiger partial charge < -0.3 is 10.2 Å². The fourth-order valence-electron chi connectivity index (χ4n) is 2.89. The standard InChI is InChI=1S/C16H25BrN2/c1-11(2)16(10-19(3)4)18-15-9-8-12-13(15)6-5-7-14(12)17/h5-7,11,15-16,18H,8-10H2,1-4H3. The number of hydrogen-bond donors (Lipinski definition) is 1.